The second-order valence-corrected chi connectivity index (χ2v) is 6.17. The summed E-state index contributed by atoms with van der Waals surface area (Å²) in [5.41, 5.74) is 2.31. The van der Waals surface area contributed by atoms with E-state index in [2.05, 4.69) is 22.9 Å². The lowest BCUT2D eigenvalue weighted by Gasteiger charge is -2.11. The third kappa shape index (κ3) is 4.84. The van der Waals surface area contributed by atoms with Crippen molar-refractivity contribution in [3.8, 4) is 11.5 Å². The van der Waals surface area contributed by atoms with Crippen LogP contribution in [0.3, 0.4) is 0 Å². The third-order valence-corrected chi connectivity index (χ3v) is 4.20. The zero-order chi connectivity index (χ0) is 18.4. The van der Waals surface area contributed by atoms with Crippen molar-refractivity contribution in [3.63, 3.8) is 0 Å². The van der Waals surface area contributed by atoms with Crippen LogP contribution in [0, 0.1) is 0 Å². The molecule has 0 fully saturated rings. The van der Waals surface area contributed by atoms with Crippen LogP contribution in [0.2, 0.25) is 0 Å². The molecule has 0 radical (unpaired) electrons. The van der Waals surface area contributed by atoms with E-state index >= 15 is 0 Å². The van der Waals surface area contributed by atoms with Gasteiger partial charge in [-0.25, -0.2) is 4.79 Å². The van der Waals surface area contributed by atoms with Crippen LogP contribution >= 0.6 is 12.6 Å². The largest absolute Gasteiger partial charge is 0.478 e. The molecule has 5 nitrogen and oxygen atoms in total. The predicted molar refractivity (Wildman–Crippen MR) is 102 cm³/mol. The van der Waals surface area contributed by atoms with Gasteiger partial charge in [0.25, 0.3) is 0 Å². The number of carbonyl (C=O) groups is 1. The number of aromatic nitrogens is 1. The monoisotopic (exact) mass is 366 g/mol. The highest BCUT2D eigenvalue weighted by Gasteiger charge is 2.05. The number of aromatic carboxylic acids is 1. The summed E-state index contributed by atoms with van der Waals surface area (Å²) in [5.74, 6) is 0.477. The number of nitrogens with zero attached hydrogens (tertiary/aromatic N) is 1. The van der Waals surface area contributed by atoms with Gasteiger partial charge in [0.2, 0.25) is 0 Å². The van der Waals surface area contributed by atoms with E-state index in [-0.39, 0.29) is 5.56 Å². The van der Waals surface area contributed by atoms with Gasteiger partial charge < -0.3 is 15.2 Å². The first-order chi connectivity index (χ1) is 12.6. The Morgan fingerprint density at radius 1 is 1.08 bits per heavy atom. The van der Waals surface area contributed by atoms with Gasteiger partial charge in [-0.15, -0.1) is 12.6 Å². The molecule has 0 aliphatic carbocycles. The number of carboxylic acid groups (broad SMARTS) is 1. The molecular formula is C20H18N2O3S. The molecule has 132 valence electrons. The summed E-state index contributed by atoms with van der Waals surface area (Å²) >= 11 is 4.49. The van der Waals surface area contributed by atoms with Crippen molar-refractivity contribution in [1.82, 2.24) is 10.3 Å². The van der Waals surface area contributed by atoms with E-state index in [0.717, 1.165) is 21.8 Å². The van der Waals surface area contributed by atoms with Gasteiger partial charge in [0.1, 0.15) is 11.5 Å². The molecule has 1 aromatic heterocycles. The zero-order valence-electron chi connectivity index (χ0n) is 13.9. The summed E-state index contributed by atoms with van der Waals surface area (Å²) in [6.45, 7) is 1.24. The molecule has 2 aromatic carbocycles. The minimum atomic E-state index is -0.922. The van der Waals surface area contributed by atoms with Crippen LogP contribution < -0.4 is 10.1 Å². The van der Waals surface area contributed by atoms with Crippen LogP contribution in [-0.4, -0.2) is 16.1 Å². The number of nitrogens with one attached hydrogen (secondary N) is 1. The molecule has 1 heterocycles. The van der Waals surface area contributed by atoms with Gasteiger partial charge in [0, 0.05) is 24.2 Å². The van der Waals surface area contributed by atoms with E-state index in [1.54, 1.807) is 36.7 Å². The summed E-state index contributed by atoms with van der Waals surface area (Å²) in [7, 11) is 0. The third-order valence-electron chi connectivity index (χ3n) is 3.77. The summed E-state index contributed by atoms with van der Waals surface area (Å²) < 4.78 is 5.79. The van der Waals surface area contributed by atoms with Crippen LogP contribution in [0.25, 0.3) is 0 Å². The molecule has 0 spiro atoms. The van der Waals surface area contributed by atoms with Crippen LogP contribution in [0.5, 0.6) is 11.5 Å². The quantitative estimate of drug-likeness (QED) is 0.548. The molecule has 3 rings (SSSR count). The SMILES string of the molecule is O=C(O)c1ccc(CNCc2cc(Oc3cccnc3)ccc2S)cc1. The van der Waals surface area contributed by atoms with Gasteiger partial charge in [-0.05, 0) is 53.6 Å². The summed E-state index contributed by atoms with van der Waals surface area (Å²) in [6, 6.07) is 16.2. The summed E-state index contributed by atoms with van der Waals surface area (Å²) in [5, 5.41) is 12.3. The zero-order valence-corrected chi connectivity index (χ0v) is 14.8. The highest BCUT2D eigenvalue weighted by molar-refractivity contribution is 7.80. The first kappa shape index (κ1) is 18.0. The van der Waals surface area contributed by atoms with Gasteiger partial charge in [-0.3, -0.25) is 4.98 Å². The van der Waals surface area contributed by atoms with E-state index in [4.69, 9.17) is 9.84 Å². The average molecular weight is 366 g/mol. The highest BCUT2D eigenvalue weighted by atomic mass is 32.1. The summed E-state index contributed by atoms with van der Waals surface area (Å²) in [6.07, 6.45) is 3.36. The van der Waals surface area contributed by atoms with Crippen molar-refractivity contribution in [2.24, 2.45) is 0 Å². The molecule has 3 aromatic rings. The van der Waals surface area contributed by atoms with E-state index in [0.29, 0.717) is 18.8 Å². The lowest BCUT2D eigenvalue weighted by Crippen LogP contribution is -2.13. The van der Waals surface area contributed by atoms with Crippen molar-refractivity contribution in [3.05, 3.63) is 83.7 Å². The van der Waals surface area contributed by atoms with E-state index in [1.807, 2.05) is 30.3 Å². The van der Waals surface area contributed by atoms with Gasteiger partial charge in [-0.2, -0.15) is 0 Å². The molecule has 0 atom stereocenters. The van der Waals surface area contributed by atoms with Crippen molar-refractivity contribution in [1.29, 1.82) is 0 Å². The second kappa shape index (κ2) is 8.51. The fourth-order valence-electron chi connectivity index (χ4n) is 2.42. The molecule has 0 amide bonds. The topological polar surface area (TPSA) is 71.5 Å². The number of ether oxygens (including phenoxy) is 1. The Kier molecular flexibility index (Phi) is 5.88. The molecule has 0 saturated heterocycles. The fraction of sp³-hybridized carbons (Fsp3) is 0.100. The Bertz CT molecular complexity index is 883. The van der Waals surface area contributed by atoms with E-state index in [1.165, 1.54) is 0 Å². The van der Waals surface area contributed by atoms with Crippen LogP contribution in [-0.2, 0) is 13.1 Å². The van der Waals surface area contributed by atoms with E-state index in [9.17, 15) is 4.79 Å². The lowest BCUT2D eigenvalue weighted by atomic mass is 10.1. The van der Waals surface area contributed by atoms with Gasteiger partial charge in [0.05, 0.1) is 11.8 Å². The average Bonchev–Trinajstić information content (AvgIpc) is 2.65. The number of carboxylic acids is 1. The number of hydrogen-bond acceptors (Lipinski definition) is 5. The van der Waals surface area contributed by atoms with Gasteiger partial charge >= 0.3 is 5.97 Å². The number of thiol groups is 1. The van der Waals surface area contributed by atoms with Crippen molar-refractivity contribution in [2.75, 3.05) is 0 Å². The minimum Gasteiger partial charge on any atom is -0.478 e. The maximum Gasteiger partial charge on any atom is 0.335 e. The van der Waals surface area contributed by atoms with E-state index < -0.39 is 5.97 Å². The Morgan fingerprint density at radius 3 is 2.58 bits per heavy atom. The molecule has 0 bridgehead atoms. The lowest BCUT2D eigenvalue weighted by molar-refractivity contribution is 0.0697. The number of pyridine rings is 1. The van der Waals surface area contributed by atoms with Gasteiger partial charge in [0.15, 0.2) is 0 Å². The Morgan fingerprint density at radius 2 is 1.88 bits per heavy atom. The highest BCUT2D eigenvalue weighted by Crippen LogP contribution is 2.25. The molecule has 6 heteroatoms. The Balaban J connectivity index is 1.60. The maximum absolute atomic E-state index is 10.9. The Labute approximate surface area is 157 Å². The minimum absolute atomic E-state index is 0.284. The Hall–Kier alpha value is -2.83. The number of rotatable bonds is 7. The van der Waals surface area contributed by atoms with Crippen molar-refractivity contribution < 1.29 is 14.6 Å². The second-order valence-electron chi connectivity index (χ2n) is 5.69. The van der Waals surface area contributed by atoms with Gasteiger partial charge in [-0.1, -0.05) is 12.1 Å². The standard InChI is InChI=1S/C20H18N2O3S/c23-20(24)15-5-3-14(4-6-15)11-22-12-16-10-17(7-8-19(16)26)25-18-2-1-9-21-13-18/h1-10,13,22,26H,11-12H2,(H,23,24). The van der Waals surface area contributed by atoms with Crippen LogP contribution in [0.4, 0.5) is 0 Å². The predicted octanol–water partition coefficient (Wildman–Crippen LogP) is 4.15. The molecule has 0 aliphatic rings. The molecule has 0 aliphatic heterocycles. The van der Waals surface area contributed by atoms with Crippen LogP contribution in [0.15, 0.2) is 71.9 Å². The first-order valence-electron chi connectivity index (χ1n) is 8.04. The normalized spacial score (nSPS) is 10.5. The molecule has 0 saturated carbocycles. The molecule has 2 N–H and O–H groups in total. The molecular weight excluding hydrogens is 348 g/mol. The summed E-state index contributed by atoms with van der Waals surface area (Å²) in [4.78, 5) is 15.8. The smallest absolute Gasteiger partial charge is 0.335 e. The number of hydrogen-bond donors (Lipinski definition) is 3. The van der Waals surface area contributed by atoms with Crippen molar-refractivity contribution in [2.45, 2.75) is 18.0 Å². The van der Waals surface area contributed by atoms with Crippen LogP contribution in [0.1, 0.15) is 21.5 Å². The van der Waals surface area contributed by atoms with Crippen molar-refractivity contribution >= 4 is 18.6 Å². The number of benzene rings is 2. The molecule has 0 unspecified atom stereocenters. The fourth-order valence-corrected chi connectivity index (χ4v) is 2.64. The maximum atomic E-state index is 10.9. The molecule has 26 heavy (non-hydrogen) atoms. The first-order valence-corrected chi connectivity index (χ1v) is 8.49.